The number of morpholine rings is 1. The molecule has 2 saturated heterocycles. The molecule has 0 saturated carbocycles. The van der Waals surface area contributed by atoms with Crippen molar-refractivity contribution in [3.63, 3.8) is 0 Å². The Hall–Kier alpha value is -4.03. The smallest absolute Gasteiger partial charge is 0.328 e. The summed E-state index contributed by atoms with van der Waals surface area (Å²) in [5.41, 5.74) is 3.01. The number of pyridine rings is 1. The summed E-state index contributed by atoms with van der Waals surface area (Å²) in [5.74, 6) is -2.57. The number of carboxylic acid groups (broad SMARTS) is 3. The Labute approximate surface area is 256 Å². The number of carboxylic acids is 3. The van der Waals surface area contributed by atoms with Crippen molar-refractivity contribution in [3.8, 4) is 0 Å². The van der Waals surface area contributed by atoms with Gasteiger partial charge in [-0.3, -0.25) is 9.69 Å². The molecular weight excluding hydrogens is 571 g/mol. The fourth-order valence-electron chi connectivity index (χ4n) is 5.89. The molecule has 2 aromatic rings. The summed E-state index contributed by atoms with van der Waals surface area (Å²) < 4.78 is 21.3. The van der Waals surface area contributed by atoms with Crippen LogP contribution in [0.1, 0.15) is 48.4 Å². The number of halogens is 1. The van der Waals surface area contributed by atoms with E-state index in [0.29, 0.717) is 64.3 Å². The average Bonchev–Trinajstić information content (AvgIpc) is 3.39. The largest absolute Gasteiger partial charge is 0.481 e. The Kier molecular flexibility index (Phi) is 11.7. The molecule has 2 fully saturated rings. The summed E-state index contributed by atoms with van der Waals surface area (Å²) in [6.07, 6.45) is 4.84. The molecular formula is C32H41FN4O7. The zero-order chi connectivity index (χ0) is 31.5. The van der Waals surface area contributed by atoms with Gasteiger partial charge in [-0.15, -0.1) is 0 Å². The molecule has 0 bridgehead atoms. The van der Waals surface area contributed by atoms with Crippen LogP contribution in [0.25, 0.3) is 0 Å². The second-order valence-electron chi connectivity index (χ2n) is 11.5. The minimum absolute atomic E-state index is 0.0361. The molecule has 3 aliphatic heterocycles. The zero-order valence-corrected chi connectivity index (χ0v) is 24.8. The Balaban J connectivity index is 0.000000488. The van der Waals surface area contributed by atoms with Gasteiger partial charge in [0.25, 0.3) is 0 Å². The van der Waals surface area contributed by atoms with Crippen LogP contribution in [0.5, 0.6) is 0 Å². The first-order valence-electron chi connectivity index (χ1n) is 15.0. The van der Waals surface area contributed by atoms with Crippen LogP contribution >= 0.6 is 0 Å². The van der Waals surface area contributed by atoms with Gasteiger partial charge in [0.15, 0.2) is 0 Å². The van der Waals surface area contributed by atoms with Crippen LogP contribution in [-0.2, 0) is 32.0 Å². The lowest BCUT2D eigenvalue weighted by Crippen LogP contribution is -2.36. The van der Waals surface area contributed by atoms with E-state index in [4.69, 9.17) is 19.9 Å². The van der Waals surface area contributed by atoms with E-state index in [1.165, 1.54) is 5.56 Å². The number of aryl methyl sites for hydroxylation is 2. The number of alkyl halides is 1. The van der Waals surface area contributed by atoms with E-state index in [2.05, 4.69) is 33.3 Å². The van der Waals surface area contributed by atoms with Crippen LogP contribution in [-0.4, -0.2) is 101 Å². The number of benzene rings is 1. The maximum atomic E-state index is 15.8. The summed E-state index contributed by atoms with van der Waals surface area (Å²) >= 11 is 0. The van der Waals surface area contributed by atoms with Crippen molar-refractivity contribution in [2.45, 2.75) is 50.1 Å². The number of carbonyl (C=O) groups is 3. The molecule has 3 aliphatic rings. The summed E-state index contributed by atoms with van der Waals surface area (Å²) in [7, 11) is 0. The van der Waals surface area contributed by atoms with Crippen LogP contribution < -0.4 is 10.2 Å². The average molecular weight is 613 g/mol. The predicted molar refractivity (Wildman–Crippen MR) is 163 cm³/mol. The normalized spacial score (nSPS) is 20.7. The minimum atomic E-state index is -1.27. The summed E-state index contributed by atoms with van der Waals surface area (Å²) in [5, 5.41) is 28.6. The molecule has 5 rings (SSSR count). The molecule has 4 N–H and O–H groups in total. The number of fused-ring (bicyclic) bond motifs is 1. The Morgan fingerprint density at radius 3 is 2.52 bits per heavy atom. The molecule has 0 amide bonds. The van der Waals surface area contributed by atoms with Gasteiger partial charge in [0.2, 0.25) is 0 Å². The first kappa shape index (κ1) is 32.9. The summed E-state index contributed by atoms with van der Waals surface area (Å²) in [6.45, 7) is 5.55. The fourth-order valence-corrected chi connectivity index (χ4v) is 5.89. The fraction of sp³-hybridized carbons (Fsp3) is 0.500. The molecule has 0 aliphatic carbocycles. The number of aromatic nitrogens is 1. The van der Waals surface area contributed by atoms with Gasteiger partial charge in [0, 0.05) is 68.7 Å². The SMILES string of the molecule is O=C(O)/C=C/C(=O)O.O=C(O)CC(CN1CC[C@@](F)(CCc2ccc3c(n2)NCCC3)C1)c1cccc(N2CCOCC2)c1. The molecule has 11 nitrogen and oxygen atoms in total. The van der Waals surface area contributed by atoms with E-state index >= 15 is 4.39 Å². The third kappa shape index (κ3) is 10.0. The summed E-state index contributed by atoms with van der Waals surface area (Å²) in [4.78, 5) is 39.9. The molecule has 0 spiro atoms. The number of anilines is 2. The van der Waals surface area contributed by atoms with E-state index in [1.807, 2.05) is 18.2 Å². The monoisotopic (exact) mass is 612 g/mol. The van der Waals surface area contributed by atoms with Crippen LogP contribution in [0.2, 0.25) is 0 Å². The van der Waals surface area contributed by atoms with Gasteiger partial charge in [0.05, 0.1) is 19.6 Å². The lowest BCUT2D eigenvalue weighted by Gasteiger charge is -2.30. The maximum absolute atomic E-state index is 15.8. The second-order valence-corrected chi connectivity index (χ2v) is 11.5. The molecule has 1 unspecified atom stereocenters. The summed E-state index contributed by atoms with van der Waals surface area (Å²) in [6, 6.07) is 12.3. The highest BCUT2D eigenvalue weighted by Gasteiger charge is 2.39. The molecule has 0 radical (unpaired) electrons. The third-order valence-electron chi connectivity index (χ3n) is 8.15. The van der Waals surface area contributed by atoms with E-state index in [9.17, 15) is 19.5 Å². The van der Waals surface area contributed by atoms with Crippen LogP contribution in [0.15, 0.2) is 48.6 Å². The van der Waals surface area contributed by atoms with E-state index in [1.54, 1.807) is 0 Å². The van der Waals surface area contributed by atoms with Gasteiger partial charge < -0.3 is 30.3 Å². The van der Waals surface area contributed by atoms with E-state index in [0.717, 1.165) is 55.2 Å². The van der Waals surface area contributed by atoms with Crippen molar-refractivity contribution in [2.75, 3.05) is 62.7 Å². The number of nitrogens with zero attached hydrogens (tertiary/aromatic N) is 3. The number of hydrogen-bond donors (Lipinski definition) is 4. The van der Waals surface area contributed by atoms with Crippen LogP contribution in [0.3, 0.4) is 0 Å². The second kappa shape index (κ2) is 15.6. The molecule has 4 heterocycles. The highest BCUT2D eigenvalue weighted by molar-refractivity contribution is 5.89. The predicted octanol–water partition coefficient (Wildman–Crippen LogP) is 3.59. The van der Waals surface area contributed by atoms with Gasteiger partial charge in [-0.25, -0.2) is 19.0 Å². The van der Waals surface area contributed by atoms with Crippen molar-refractivity contribution in [1.29, 1.82) is 0 Å². The number of likely N-dealkylation sites (tertiary alicyclic amines) is 1. The van der Waals surface area contributed by atoms with Gasteiger partial charge in [-0.05, 0) is 61.4 Å². The highest BCUT2D eigenvalue weighted by Crippen LogP contribution is 2.34. The Morgan fingerprint density at radius 1 is 1.07 bits per heavy atom. The lowest BCUT2D eigenvalue weighted by molar-refractivity contribution is -0.137. The van der Waals surface area contributed by atoms with Crippen molar-refractivity contribution in [1.82, 2.24) is 9.88 Å². The van der Waals surface area contributed by atoms with Crippen molar-refractivity contribution >= 4 is 29.4 Å². The first-order valence-corrected chi connectivity index (χ1v) is 15.0. The van der Waals surface area contributed by atoms with Crippen LogP contribution in [0, 0.1) is 0 Å². The molecule has 12 heteroatoms. The number of hydrogen-bond acceptors (Lipinski definition) is 8. The lowest BCUT2D eigenvalue weighted by atomic mass is 9.94. The molecule has 238 valence electrons. The molecule has 2 atom stereocenters. The highest BCUT2D eigenvalue weighted by atomic mass is 19.1. The van der Waals surface area contributed by atoms with Gasteiger partial charge in [0.1, 0.15) is 11.5 Å². The molecule has 1 aromatic heterocycles. The van der Waals surface area contributed by atoms with Crippen molar-refractivity contribution < 1.29 is 38.8 Å². The number of rotatable bonds is 11. The van der Waals surface area contributed by atoms with Gasteiger partial charge >= 0.3 is 17.9 Å². The topological polar surface area (TPSA) is 153 Å². The van der Waals surface area contributed by atoms with Crippen molar-refractivity contribution in [2.24, 2.45) is 0 Å². The number of aliphatic carboxylic acids is 3. The standard InChI is InChI=1S/C28H37FN4O3.C4H4O4/c29-28(9-8-24-7-6-21-4-2-11-30-27(21)31-24)10-12-32(20-28)19-23(18-26(34)35)22-3-1-5-25(17-22)33-13-15-36-16-14-33;5-3(6)1-2-4(7)8/h1,3,5-7,17,23H,2,4,8-16,18-20H2,(H,30,31)(H,34,35);1-2H,(H,5,6)(H,7,8)/b;2-1+/t23?,28-;/m0./s1. The van der Waals surface area contributed by atoms with Crippen LogP contribution in [0.4, 0.5) is 15.9 Å². The first-order chi connectivity index (χ1) is 21.1. The zero-order valence-electron chi connectivity index (χ0n) is 24.8. The Morgan fingerprint density at radius 2 is 1.82 bits per heavy atom. The Bertz CT molecular complexity index is 1320. The van der Waals surface area contributed by atoms with E-state index in [-0.39, 0.29) is 12.3 Å². The maximum Gasteiger partial charge on any atom is 0.328 e. The third-order valence-corrected chi connectivity index (χ3v) is 8.15. The number of ether oxygens (including phenoxy) is 1. The van der Waals surface area contributed by atoms with Crippen molar-refractivity contribution in [3.05, 3.63) is 65.4 Å². The minimum Gasteiger partial charge on any atom is -0.481 e. The van der Waals surface area contributed by atoms with Gasteiger partial charge in [-0.1, -0.05) is 18.2 Å². The van der Waals surface area contributed by atoms with E-state index < -0.39 is 23.6 Å². The molecule has 1 aromatic carbocycles. The molecule has 44 heavy (non-hydrogen) atoms. The quantitative estimate of drug-likeness (QED) is 0.276. The van der Waals surface area contributed by atoms with Gasteiger partial charge in [-0.2, -0.15) is 0 Å². The number of nitrogens with one attached hydrogen (secondary N) is 1.